The van der Waals surface area contributed by atoms with E-state index >= 15 is 0 Å². The van der Waals surface area contributed by atoms with E-state index in [4.69, 9.17) is 4.74 Å². The van der Waals surface area contributed by atoms with Gasteiger partial charge in [-0.25, -0.2) is 9.37 Å². The quantitative estimate of drug-likeness (QED) is 0.465. The maximum Gasteiger partial charge on any atom is 0.260 e. The number of rotatable bonds is 6. The van der Waals surface area contributed by atoms with Gasteiger partial charge in [0.2, 0.25) is 0 Å². The largest absolute Gasteiger partial charge is 0.379 e. The van der Waals surface area contributed by atoms with Gasteiger partial charge < -0.3 is 4.74 Å². The molecule has 0 N–H and O–H groups in total. The number of nitrogens with zero attached hydrogens (tertiary/aromatic N) is 3. The molecule has 0 saturated carbocycles. The molecule has 1 aliphatic rings. The highest BCUT2D eigenvalue weighted by Gasteiger charge is 2.22. The molecule has 0 unspecified atom stereocenters. The summed E-state index contributed by atoms with van der Waals surface area (Å²) in [7, 11) is 0. The highest BCUT2D eigenvalue weighted by Crippen LogP contribution is 2.31. The number of anilines is 1. The number of fused-ring (bicyclic) bond motifs is 1. The molecule has 1 aromatic heterocycles. The third-order valence-corrected chi connectivity index (χ3v) is 6.46. The molecule has 3 aromatic rings. The summed E-state index contributed by atoms with van der Waals surface area (Å²) in [5, 5.41) is 0.528. The Morgan fingerprint density at radius 3 is 2.63 bits per heavy atom. The zero-order chi connectivity index (χ0) is 20.2. The van der Waals surface area contributed by atoms with Gasteiger partial charge in [-0.05, 0) is 42.8 Å². The molecular formula is C21H22BrClFN3O2S. The number of hydrogen-bond acceptors (Lipinski definition) is 5. The molecule has 0 radical (unpaired) electrons. The topological polar surface area (TPSA) is 45.7 Å². The number of hydrogen-bond donors (Lipinski definition) is 0. The van der Waals surface area contributed by atoms with E-state index in [2.05, 4.69) is 25.8 Å². The number of carbonyl (C=O) groups excluding carboxylic acids is 1. The normalized spacial score (nSPS) is 14.5. The number of benzene rings is 2. The second-order valence-corrected chi connectivity index (χ2v) is 8.78. The van der Waals surface area contributed by atoms with Crippen LogP contribution in [0.5, 0.6) is 0 Å². The first-order valence-electron chi connectivity index (χ1n) is 9.54. The van der Waals surface area contributed by atoms with Crippen molar-refractivity contribution >= 4 is 60.9 Å². The van der Waals surface area contributed by atoms with Gasteiger partial charge in [0, 0.05) is 36.2 Å². The fourth-order valence-electron chi connectivity index (χ4n) is 3.33. The number of carbonyl (C=O) groups is 1. The Morgan fingerprint density at radius 2 is 1.93 bits per heavy atom. The Kier molecular flexibility index (Phi) is 8.19. The molecule has 1 aliphatic heterocycles. The minimum Gasteiger partial charge on any atom is -0.379 e. The molecule has 2 heterocycles. The predicted octanol–water partition coefficient (Wildman–Crippen LogP) is 4.99. The van der Waals surface area contributed by atoms with Crippen molar-refractivity contribution in [3.63, 3.8) is 0 Å². The Morgan fingerprint density at radius 1 is 1.20 bits per heavy atom. The lowest BCUT2D eigenvalue weighted by Gasteiger charge is -2.27. The second-order valence-electron chi connectivity index (χ2n) is 6.85. The smallest absolute Gasteiger partial charge is 0.260 e. The third kappa shape index (κ3) is 5.36. The summed E-state index contributed by atoms with van der Waals surface area (Å²) >= 11 is 4.74. The van der Waals surface area contributed by atoms with Crippen molar-refractivity contribution in [1.29, 1.82) is 0 Å². The number of morpholine rings is 1. The van der Waals surface area contributed by atoms with Crippen LogP contribution in [-0.4, -0.2) is 55.2 Å². The van der Waals surface area contributed by atoms with Crippen molar-refractivity contribution in [2.24, 2.45) is 0 Å². The Labute approximate surface area is 193 Å². The highest BCUT2D eigenvalue weighted by molar-refractivity contribution is 9.10. The lowest BCUT2D eigenvalue weighted by atomic mass is 10.2. The van der Waals surface area contributed by atoms with Crippen LogP contribution in [0.2, 0.25) is 0 Å². The average Bonchev–Trinajstić information content (AvgIpc) is 3.17. The Balaban J connectivity index is 0.00000256. The van der Waals surface area contributed by atoms with E-state index in [0.717, 1.165) is 48.4 Å². The first kappa shape index (κ1) is 23.1. The monoisotopic (exact) mass is 513 g/mol. The van der Waals surface area contributed by atoms with E-state index in [9.17, 15) is 9.18 Å². The van der Waals surface area contributed by atoms with E-state index in [0.29, 0.717) is 22.8 Å². The molecule has 1 saturated heterocycles. The van der Waals surface area contributed by atoms with Gasteiger partial charge in [0.05, 0.1) is 17.9 Å². The van der Waals surface area contributed by atoms with Crippen molar-refractivity contribution in [1.82, 2.24) is 9.88 Å². The molecule has 2 aromatic carbocycles. The van der Waals surface area contributed by atoms with Crippen LogP contribution in [0.25, 0.3) is 10.2 Å². The SMILES string of the molecule is Cl.O=C(c1ccc(Br)cc1)N(CCCN1CCOCC1)c1nc2c(F)cccc2s1. The molecule has 1 amide bonds. The second kappa shape index (κ2) is 10.6. The van der Waals surface area contributed by atoms with Gasteiger partial charge in [-0.2, -0.15) is 0 Å². The summed E-state index contributed by atoms with van der Waals surface area (Å²) < 4.78 is 21.2. The van der Waals surface area contributed by atoms with E-state index in [1.54, 1.807) is 23.1 Å². The first-order chi connectivity index (χ1) is 14.1. The van der Waals surface area contributed by atoms with Crippen molar-refractivity contribution < 1.29 is 13.9 Å². The van der Waals surface area contributed by atoms with Gasteiger partial charge in [-0.1, -0.05) is 33.3 Å². The molecule has 0 atom stereocenters. The molecular weight excluding hydrogens is 493 g/mol. The summed E-state index contributed by atoms with van der Waals surface area (Å²) in [4.78, 5) is 21.7. The molecule has 0 bridgehead atoms. The number of halogens is 3. The van der Waals surface area contributed by atoms with Crippen LogP contribution in [0.4, 0.5) is 9.52 Å². The van der Waals surface area contributed by atoms with Crippen LogP contribution in [0.3, 0.4) is 0 Å². The van der Waals surface area contributed by atoms with Crippen molar-refractivity contribution in [3.8, 4) is 0 Å². The van der Waals surface area contributed by atoms with Crippen LogP contribution in [0, 0.1) is 5.82 Å². The summed E-state index contributed by atoms with van der Waals surface area (Å²) in [6, 6.07) is 12.2. The molecule has 160 valence electrons. The average molecular weight is 515 g/mol. The number of aromatic nitrogens is 1. The number of thiazole rings is 1. The Bertz CT molecular complexity index is 996. The highest BCUT2D eigenvalue weighted by atomic mass is 79.9. The van der Waals surface area contributed by atoms with E-state index in [1.165, 1.54) is 17.4 Å². The lowest BCUT2D eigenvalue weighted by Crippen LogP contribution is -2.39. The summed E-state index contributed by atoms with van der Waals surface area (Å²) in [5.41, 5.74) is 0.897. The number of para-hydroxylation sites is 1. The molecule has 9 heteroatoms. The number of ether oxygens (including phenoxy) is 1. The standard InChI is InChI=1S/C21H21BrFN3O2S.ClH/c22-16-7-5-15(6-8-16)20(27)26(10-2-9-25-11-13-28-14-12-25)21-24-19-17(23)3-1-4-18(19)29-21;/h1,3-8H,2,9-14H2;1H. The van der Waals surface area contributed by atoms with Crippen molar-refractivity contribution in [2.75, 3.05) is 44.3 Å². The molecule has 1 fully saturated rings. The van der Waals surface area contributed by atoms with Gasteiger partial charge in [0.25, 0.3) is 5.91 Å². The summed E-state index contributed by atoms with van der Waals surface area (Å²) in [6.45, 7) is 4.72. The summed E-state index contributed by atoms with van der Waals surface area (Å²) in [6.07, 6.45) is 0.806. The fourth-order valence-corrected chi connectivity index (χ4v) is 4.60. The van der Waals surface area contributed by atoms with Crippen LogP contribution in [0.15, 0.2) is 46.9 Å². The molecule has 5 nitrogen and oxygen atoms in total. The van der Waals surface area contributed by atoms with E-state index in [-0.39, 0.29) is 24.1 Å². The van der Waals surface area contributed by atoms with E-state index < -0.39 is 0 Å². The van der Waals surface area contributed by atoms with Gasteiger partial charge in [0.15, 0.2) is 5.13 Å². The zero-order valence-electron chi connectivity index (χ0n) is 16.2. The van der Waals surface area contributed by atoms with Crippen LogP contribution < -0.4 is 4.90 Å². The molecule has 30 heavy (non-hydrogen) atoms. The van der Waals surface area contributed by atoms with Crippen molar-refractivity contribution in [3.05, 3.63) is 58.3 Å². The minimum absolute atomic E-state index is 0. The Hall–Kier alpha value is -1.58. The van der Waals surface area contributed by atoms with Crippen molar-refractivity contribution in [2.45, 2.75) is 6.42 Å². The molecule has 0 spiro atoms. The van der Waals surface area contributed by atoms with Gasteiger partial charge in [-0.15, -0.1) is 12.4 Å². The first-order valence-corrected chi connectivity index (χ1v) is 11.2. The lowest BCUT2D eigenvalue weighted by molar-refractivity contribution is 0.0376. The third-order valence-electron chi connectivity index (χ3n) is 4.89. The minimum atomic E-state index is -0.366. The van der Waals surface area contributed by atoms with E-state index in [1.807, 2.05) is 18.2 Å². The zero-order valence-corrected chi connectivity index (χ0v) is 19.4. The molecule has 4 rings (SSSR count). The van der Waals surface area contributed by atoms with Crippen LogP contribution in [0.1, 0.15) is 16.8 Å². The van der Waals surface area contributed by atoms with Gasteiger partial charge >= 0.3 is 0 Å². The van der Waals surface area contributed by atoms with Gasteiger partial charge in [-0.3, -0.25) is 14.6 Å². The fraction of sp³-hybridized carbons (Fsp3) is 0.333. The predicted molar refractivity (Wildman–Crippen MR) is 125 cm³/mol. The molecule has 0 aliphatic carbocycles. The van der Waals surface area contributed by atoms with Gasteiger partial charge in [0.1, 0.15) is 11.3 Å². The maximum absolute atomic E-state index is 14.1. The number of amides is 1. The van der Waals surface area contributed by atoms with Crippen LogP contribution >= 0.6 is 39.7 Å². The maximum atomic E-state index is 14.1. The summed E-state index contributed by atoms with van der Waals surface area (Å²) in [5.74, 6) is -0.492. The van der Waals surface area contributed by atoms with Crippen LogP contribution in [-0.2, 0) is 4.74 Å².